The summed E-state index contributed by atoms with van der Waals surface area (Å²) in [5, 5.41) is 11.4. The fourth-order valence-electron chi connectivity index (χ4n) is 5.67. The minimum atomic E-state index is -0.193. The molecule has 3 aromatic rings. The van der Waals surface area contributed by atoms with Crippen molar-refractivity contribution in [2.45, 2.75) is 31.7 Å². The lowest BCUT2D eigenvalue weighted by atomic mass is 9.84. The van der Waals surface area contributed by atoms with Crippen molar-refractivity contribution in [3.8, 4) is 0 Å². The summed E-state index contributed by atoms with van der Waals surface area (Å²) in [4.78, 5) is 24.8. The summed E-state index contributed by atoms with van der Waals surface area (Å²) in [6, 6.07) is 8.22. The molecule has 2 bridgehead atoms. The number of anilines is 4. The van der Waals surface area contributed by atoms with Crippen molar-refractivity contribution in [3.05, 3.63) is 36.0 Å². The van der Waals surface area contributed by atoms with E-state index in [9.17, 15) is 4.79 Å². The lowest BCUT2D eigenvalue weighted by Gasteiger charge is -2.30. The highest BCUT2D eigenvalue weighted by Gasteiger charge is 2.50. The molecule has 6 N–H and O–H groups in total. The molecule has 154 valence electrons. The largest absolute Gasteiger partial charge is 0.369 e. The van der Waals surface area contributed by atoms with E-state index in [4.69, 9.17) is 10.7 Å². The van der Waals surface area contributed by atoms with Crippen molar-refractivity contribution in [1.82, 2.24) is 15.0 Å². The number of benzene rings is 1. The van der Waals surface area contributed by atoms with Gasteiger partial charge in [0, 0.05) is 40.9 Å². The van der Waals surface area contributed by atoms with E-state index >= 15 is 0 Å². The minimum absolute atomic E-state index is 0.0601. The van der Waals surface area contributed by atoms with Crippen molar-refractivity contribution < 1.29 is 4.79 Å². The number of amides is 1. The monoisotopic (exact) mass is 403 g/mol. The van der Waals surface area contributed by atoms with Crippen LogP contribution in [-0.4, -0.2) is 33.4 Å². The molecule has 0 saturated heterocycles. The van der Waals surface area contributed by atoms with Crippen LogP contribution in [0.4, 0.5) is 23.3 Å². The number of carbonyl (C=O) groups excluding carboxylic acids is 1. The Hall–Kier alpha value is -3.29. The van der Waals surface area contributed by atoms with E-state index in [1.165, 1.54) is 0 Å². The molecule has 2 aromatic heterocycles. The summed E-state index contributed by atoms with van der Waals surface area (Å²) in [5.74, 6) is 2.80. The number of fused-ring (bicyclic) bond motifs is 4. The maximum Gasteiger partial charge on any atom is 0.231 e. The average Bonchev–Trinajstić information content (AvgIpc) is 3.50. The van der Waals surface area contributed by atoms with Crippen molar-refractivity contribution in [1.29, 1.82) is 0 Å². The molecule has 8 nitrogen and oxygen atoms in total. The van der Waals surface area contributed by atoms with Crippen LogP contribution in [0.1, 0.15) is 24.8 Å². The summed E-state index contributed by atoms with van der Waals surface area (Å²) in [6.45, 7) is 0.841. The summed E-state index contributed by atoms with van der Waals surface area (Å²) in [6.07, 6.45) is 6.14. The number of nitrogens with zero attached hydrogens (tertiary/aromatic N) is 2. The van der Waals surface area contributed by atoms with Gasteiger partial charge < -0.3 is 26.7 Å². The Labute approximate surface area is 174 Å². The lowest BCUT2D eigenvalue weighted by molar-refractivity contribution is -0.123. The predicted octanol–water partition coefficient (Wildman–Crippen LogP) is 2.98. The molecule has 3 heterocycles. The van der Waals surface area contributed by atoms with Crippen molar-refractivity contribution in [2.24, 2.45) is 23.5 Å². The molecule has 0 spiro atoms. The average molecular weight is 403 g/mol. The highest BCUT2D eigenvalue weighted by molar-refractivity contribution is 5.84. The van der Waals surface area contributed by atoms with Gasteiger partial charge >= 0.3 is 0 Å². The normalized spacial score (nSPS) is 26.5. The summed E-state index contributed by atoms with van der Waals surface area (Å²) >= 11 is 0. The van der Waals surface area contributed by atoms with Crippen LogP contribution >= 0.6 is 0 Å². The standard InChI is InChI=1S/C22H25N7O/c23-19(30)17-12-1-2-13(9-12)18(17)27-21-15-6-8-25-20(15)28-22(29-21)26-14-3-4-16-11(10-14)5-7-24-16/h3-5,7,10,12-13,17-18,24H,1-2,6,8-9H2,(H2,23,30)(H3,25,26,27,28,29). The Morgan fingerprint density at radius 3 is 2.97 bits per heavy atom. The SMILES string of the molecule is NC(=O)C1C2CCC(C2)C1Nc1nc(Nc2ccc3[nH]ccc3c2)nc2c1CCN2. The van der Waals surface area contributed by atoms with Crippen molar-refractivity contribution in [3.63, 3.8) is 0 Å². The van der Waals surface area contributed by atoms with Crippen LogP contribution in [0.2, 0.25) is 0 Å². The molecule has 8 heteroatoms. The molecule has 1 aliphatic heterocycles. The van der Waals surface area contributed by atoms with E-state index in [1.807, 2.05) is 24.4 Å². The molecule has 4 unspecified atom stereocenters. The quantitative estimate of drug-likeness (QED) is 0.447. The summed E-state index contributed by atoms with van der Waals surface area (Å²) in [5.41, 5.74) is 8.88. The Morgan fingerprint density at radius 2 is 2.07 bits per heavy atom. The topological polar surface area (TPSA) is 121 Å². The third-order valence-corrected chi connectivity index (χ3v) is 7.03. The number of primary amides is 1. The molecule has 30 heavy (non-hydrogen) atoms. The van der Waals surface area contributed by atoms with Gasteiger partial charge in [0.25, 0.3) is 0 Å². The predicted molar refractivity (Wildman–Crippen MR) is 117 cm³/mol. The van der Waals surface area contributed by atoms with E-state index in [0.717, 1.165) is 66.0 Å². The van der Waals surface area contributed by atoms with Crippen LogP contribution in [0, 0.1) is 17.8 Å². The zero-order valence-electron chi connectivity index (χ0n) is 16.6. The number of aromatic nitrogens is 3. The molecule has 1 amide bonds. The number of carbonyl (C=O) groups is 1. The number of H-pyrrole nitrogens is 1. The van der Waals surface area contributed by atoms with Gasteiger partial charge in [0.15, 0.2) is 0 Å². The van der Waals surface area contributed by atoms with Crippen LogP contribution in [-0.2, 0) is 11.2 Å². The second kappa shape index (κ2) is 6.62. The second-order valence-electron chi connectivity index (χ2n) is 8.74. The number of hydrogen-bond acceptors (Lipinski definition) is 6. The first-order valence-electron chi connectivity index (χ1n) is 10.7. The minimum Gasteiger partial charge on any atom is -0.369 e. The van der Waals surface area contributed by atoms with Crippen molar-refractivity contribution >= 4 is 40.1 Å². The van der Waals surface area contributed by atoms with Gasteiger partial charge in [0.2, 0.25) is 11.9 Å². The maximum absolute atomic E-state index is 12.1. The number of aromatic amines is 1. The Kier molecular flexibility index (Phi) is 3.87. The van der Waals surface area contributed by atoms with Gasteiger partial charge in [-0.25, -0.2) is 0 Å². The third-order valence-electron chi connectivity index (χ3n) is 7.03. The number of nitrogens with one attached hydrogen (secondary N) is 4. The second-order valence-corrected chi connectivity index (χ2v) is 8.74. The summed E-state index contributed by atoms with van der Waals surface area (Å²) in [7, 11) is 0. The summed E-state index contributed by atoms with van der Waals surface area (Å²) < 4.78 is 0. The van der Waals surface area contributed by atoms with E-state index in [-0.39, 0.29) is 17.9 Å². The fraction of sp³-hybridized carbons (Fsp3) is 0.409. The van der Waals surface area contributed by atoms with Crippen LogP contribution in [0.3, 0.4) is 0 Å². The number of rotatable bonds is 5. The van der Waals surface area contributed by atoms with Gasteiger partial charge in [-0.3, -0.25) is 4.79 Å². The third kappa shape index (κ3) is 2.78. The molecular weight excluding hydrogens is 378 g/mol. The molecule has 2 saturated carbocycles. The van der Waals surface area contributed by atoms with E-state index in [2.05, 4.69) is 32.0 Å². The van der Waals surface area contributed by atoms with E-state index in [0.29, 0.717) is 17.8 Å². The molecule has 2 aliphatic carbocycles. The van der Waals surface area contributed by atoms with Gasteiger partial charge in [0.05, 0.1) is 5.92 Å². The number of hydrogen-bond donors (Lipinski definition) is 5. The maximum atomic E-state index is 12.1. The van der Waals surface area contributed by atoms with E-state index < -0.39 is 0 Å². The Balaban J connectivity index is 1.32. The molecule has 1 aromatic carbocycles. The molecule has 4 atom stereocenters. The van der Waals surface area contributed by atoms with Gasteiger partial charge in [-0.15, -0.1) is 0 Å². The smallest absolute Gasteiger partial charge is 0.231 e. The van der Waals surface area contributed by atoms with Gasteiger partial charge in [-0.2, -0.15) is 9.97 Å². The Morgan fingerprint density at radius 1 is 1.17 bits per heavy atom. The molecular formula is C22H25N7O. The van der Waals surface area contributed by atoms with Crippen LogP contribution in [0.15, 0.2) is 30.5 Å². The highest BCUT2D eigenvalue weighted by Crippen LogP contribution is 2.49. The zero-order chi connectivity index (χ0) is 20.2. The first-order chi connectivity index (χ1) is 14.7. The first kappa shape index (κ1) is 17.6. The lowest BCUT2D eigenvalue weighted by Crippen LogP contribution is -2.42. The van der Waals surface area contributed by atoms with Crippen LogP contribution in [0.25, 0.3) is 10.9 Å². The first-order valence-corrected chi connectivity index (χ1v) is 10.7. The van der Waals surface area contributed by atoms with Gasteiger partial charge in [-0.05, 0) is 61.8 Å². The number of nitrogens with two attached hydrogens (primary N) is 1. The van der Waals surface area contributed by atoms with E-state index in [1.54, 1.807) is 0 Å². The fourth-order valence-corrected chi connectivity index (χ4v) is 5.67. The molecule has 0 radical (unpaired) electrons. The zero-order valence-corrected chi connectivity index (χ0v) is 16.6. The highest BCUT2D eigenvalue weighted by atomic mass is 16.1. The van der Waals surface area contributed by atoms with Crippen LogP contribution < -0.4 is 21.7 Å². The van der Waals surface area contributed by atoms with Gasteiger partial charge in [-0.1, -0.05) is 0 Å². The Bertz CT molecular complexity index is 1140. The van der Waals surface area contributed by atoms with Gasteiger partial charge in [0.1, 0.15) is 11.6 Å². The molecule has 2 fully saturated rings. The molecule has 6 rings (SSSR count). The molecule has 3 aliphatic rings. The van der Waals surface area contributed by atoms with Crippen LogP contribution in [0.5, 0.6) is 0 Å². The van der Waals surface area contributed by atoms with Crippen molar-refractivity contribution in [2.75, 3.05) is 22.5 Å².